The summed E-state index contributed by atoms with van der Waals surface area (Å²) in [6.45, 7) is 0. The second kappa shape index (κ2) is 17.4. The molecule has 0 rings (SSSR count). The second-order valence-electron chi connectivity index (χ2n) is 1.81. The SMILES string of the molecule is O.O.O.O=C([O-])C(=O)C(=O)[O-].O=C([O-])C(=O)C(=O)[O-].[Ca+2]. The molecule has 0 aromatic rings. The predicted molar refractivity (Wildman–Crippen MR) is 46.6 cm³/mol. The first-order valence-corrected chi connectivity index (χ1v) is 3.04. The van der Waals surface area contributed by atoms with Gasteiger partial charge in [-0.15, -0.1) is 0 Å². The van der Waals surface area contributed by atoms with E-state index in [1.54, 1.807) is 0 Å². The molecular formula is C6H6CaO13-2. The van der Waals surface area contributed by atoms with Crippen LogP contribution in [0.5, 0.6) is 0 Å². The number of aliphatic carboxylic acids is 4. The van der Waals surface area contributed by atoms with Gasteiger partial charge in [0.15, 0.2) is 0 Å². The number of carboxylic acids is 4. The van der Waals surface area contributed by atoms with Gasteiger partial charge in [-0.3, -0.25) is 9.59 Å². The fourth-order valence-electron chi connectivity index (χ4n) is 0.167. The Bertz CT molecular complexity index is 303. The van der Waals surface area contributed by atoms with Crippen LogP contribution in [0.4, 0.5) is 0 Å². The van der Waals surface area contributed by atoms with Crippen LogP contribution in [0.3, 0.4) is 0 Å². The van der Waals surface area contributed by atoms with Crippen LogP contribution in [0.2, 0.25) is 0 Å². The topological polar surface area (TPSA) is 289 Å². The van der Waals surface area contributed by atoms with Crippen molar-refractivity contribution in [1.82, 2.24) is 0 Å². The summed E-state index contributed by atoms with van der Waals surface area (Å²) in [6.07, 6.45) is 0. The average molecular weight is 326 g/mol. The molecular weight excluding hydrogens is 320 g/mol. The van der Waals surface area contributed by atoms with Crippen molar-refractivity contribution < 1.29 is 65.6 Å². The van der Waals surface area contributed by atoms with E-state index in [4.69, 9.17) is 0 Å². The number of Topliss-reactive ketones (excluding diaryl/α,β-unsaturated/α-hetero) is 2. The molecule has 14 heteroatoms. The summed E-state index contributed by atoms with van der Waals surface area (Å²) in [4.78, 5) is 56.1. The van der Waals surface area contributed by atoms with Crippen LogP contribution in [0, 0.1) is 0 Å². The Hall–Kier alpha value is -1.64. The van der Waals surface area contributed by atoms with Gasteiger partial charge in [0.05, 0.1) is 0 Å². The molecule has 0 spiro atoms. The van der Waals surface area contributed by atoms with Crippen molar-refractivity contribution in [1.29, 1.82) is 0 Å². The van der Waals surface area contributed by atoms with Crippen LogP contribution in [0.1, 0.15) is 0 Å². The Kier molecular flexibility index (Phi) is 31.4. The Labute approximate surface area is 138 Å². The Balaban J connectivity index is -0.0000000408. The first-order valence-electron chi connectivity index (χ1n) is 3.04. The minimum absolute atomic E-state index is 0. The smallest absolute Gasteiger partial charge is 0.541 e. The zero-order chi connectivity index (χ0) is 13.5. The Morgan fingerprint density at radius 2 is 0.550 bits per heavy atom. The molecule has 0 aliphatic rings. The summed E-state index contributed by atoms with van der Waals surface area (Å²) >= 11 is 0. The molecule has 0 aliphatic carbocycles. The van der Waals surface area contributed by atoms with Crippen molar-refractivity contribution in [2.24, 2.45) is 0 Å². The molecule has 0 heterocycles. The predicted octanol–water partition coefficient (Wildman–Crippen LogP) is -10.7. The van der Waals surface area contributed by atoms with Gasteiger partial charge in [-0.2, -0.15) is 0 Å². The third kappa shape index (κ3) is 18.7. The van der Waals surface area contributed by atoms with E-state index >= 15 is 0 Å². The molecule has 0 saturated heterocycles. The van der Waals surface area contributed by atoms with E-state index < -0.39 is 35.4 Å². The largest absolute Gasteiger partial charge is 2.00 e. The third-order valence-electron chi connectivity index (χ3n) is 0.742. The Morgan fingerprint density at radius 1 is 0.450 bits per heavy atom. The van der Waals surface area contributed by atoms with Crippen LogP contribution < -0.4 is 20.4 Å². The summed E-state index contributed by atoms with van der Waals surface area (Å²) in [5, 5.41) is 37.0. The van der Waals surface area contributed by atoms with E-state index in [2.05, 4.69) is 0 Å². The molecule has 0 amide bonds. The molecule has 0 aromatic carbocycles. The number of carbonyl (C=O) groups excluding carboxylic acids is 6. The number of carbonyl (C=O) groups is 6. The standard InChI is InChI=1S/2C3H2O5.Ca.3H2O/c2*4-1(2(5)6)3(7)8;;;;/h2*(H,5,6)(H,7,8);;3*1H2/q;;+2;;;/p-4. The molecule has 13 nitrogen and oxygen atoms in total. The molecule has 20 heavy (non-hydrogen) atoms. The fraction of sp³-hybridized carbons (Fsp3) is 0. The zero-order valence-electron chi connectivity index (χ0n) is 9.29. The molecule has 0 aromatic heterocycles. The molecule has 0 fully saturated rings. The third-order valence-corrected chi connectivity index (χ3v) is 0.742. The molecule has 0 aliphatic heterocycles. The van der Waals surface area contributed by atoms with Gasteiger partial charge in [-0.05, 0) is 0 Å². The van der Waals surface area contributed by atoms with Gasteiger partial charge in [0, 0.05) is 0 Å². The number of carboxylic acid groups (broad SMARTS) is 4. The van der Waals surface area contributed by atoms with Crippen LogP contribution in [-0.4, -0.2) is 89.6 Å². The summed E-state index contributed by atoms with van der Waals surface area (Å²) in [7, 11) is 0. The van der Waals surface area contributed by atoms with Gasteiger partial charge in [0.1, 0.15) is 23.9 Å². The van der Waals surface area contributed by atoms with Crippen LogP contribution in [0.15, 0.2) is 0 Å². The first kappa shape index (κ1) is 36.2. The average Bonchev–Trinajstić information content (AvgIpc) is 2.15. The Morgan fingerprint density at radius 3 is 0.550 bits per heavy atom. The summed E-state index contributed by atoms with van der Waals surface area (Å²) < 4.78 is 0. The monoisotopic (exact) mass is 326 g/mol. The molecule has 112 valence electrons. The van der Waals surface area contributed by atoms with Crippen LogP contribution >= 0.6 is 0 Å². The van der Waals surface area contributed by atoms with Gasteiger partial charge in [0.25, 0.3) is 0 Å². The maximum absolute atomic E-state index is 9.52. The molecule has 6 N–H and O–H groups in total. The van der Waals surface area contributed by atoms with E-state index in [-0.39, 0.29) is 54.2 Å². The van der Waals surface area contributed by atoms with Crippen LogP contribution in [-0.2, 0) is 28.8 Å². The van der Waals surface area contributed by atoms with Crippen molar-refractivity contribution in [3.63, 3.8) is 0 Å². The van der Waals surface area contributed by atoms with Gasteiger partial charge < -0.3 is 56.0 Å². The van der Waals surface area contributed by atoms with Gasteiger partial charge in [0.2, 0.25) is 11.6 Å². The summed E-state index contributed by atoms with van der Waals surface area (Å²) in [5.41, 5.74) is 0. The molecule has 0 bridgehead atoms. The van der Waals surface area contributed by atoms with E-state index in [9.17, 15) is 49.2 Å². The molecule has 0 saturated carbocycles. The van der Waals surface area contributed by atoms with E-state index in [1.165, 1.54) is 0 Å². The van der Waals surface area contributed by atoms with Crippen molar-refractivity contribution >= 4 is 73.2 Å². The normalized spacial score (nSPS) is 6.40. The molecule has 0 unspecified atom stereocenters. The first-order chi connectivity index (χ1) is 7.11. The van der Waals surface area contributed by atoms with Crippen molar-refractivity contribution in [2.45, 2.75) is 0 Å². The van der Waals surface area contributed by atoms with E-state index in [0.717, 1.165) is 0 Å². The van der Waals surface area contributed by atoms with Crippen molar-refractivity contribution in [2.75, 3.05) is 0 Å². The fourth-order valence-corrected chi connectivity index (χ4v) is 0.167. The minimum atomic E-state index is -2.26. The number of ketones is 2. The quantitative estimate of drug-likeness (QED) is 0.266. The van der Waals surface area contributed by atoms with Gasteiger partial charge in [-0.25, -0.2) is 0 Å². The maximum atomic E-state index is 9.52. The minimum Gasteiger partial charge on any atom is -0.541 e. The summed E-state index contributed by atoms with van der Waals surface area (Å²) in [6, 6.07) is 0. The number of rotatable bonds is 4. The van der Waals surface area contributed by atoms with Crippen molar-refractivity contribution in [3.8, 4) is 0 Å². The summed E-state index contributed by atoms with van der Waals surface area (Å²) in [5.74, 6) is -13.1. The van der Waals surface area contributed by atoms with Crippen LogP contribution in [0.25, 0.3) is 0 Å². The van der Waals surface area contributed by atoms with Gasteiger partial charge >= 0.3 is 37.7 Å². The number of hydrogen-bond donors (Lipinski definition) is 0. The van der Waals surface area contributed by atoms with E-state index in [0.29, 0.717) is 0 Å². The molecule has 0 atom stereocenters. The molecule has 0 radical (unpaired) electrons. The number of hydrogen-bond acceptors (Lipinski definition) is 10. The zero-order valence-corrected chi connectivity index (χ0v) is 11.5. The van der Waals surface area contributed by atoms with Crippen molar-refractivity contribution in [3.05, 3.63) is 0 Å². The van der Waals surface area contributed by atoms with E-state index in [1.807, 2.05) is 0 Å². The second-order valence-corrected chi connectivity index (χ2v) is 1.81. The van der Waals surface area contributed by atoms with Gasteiger partial charge in [-0.1, -0.05) is 0 Å². The maximum Gasteiger partial charge on any atom is 2.00 e.